The summed E-state index contributed by atoms with van der Waals surface area (Å²) in [6, 6.07) is -0.847. The molecule has 0 spiro atoms. The largest absolute Gasteiger partial charge is 0.456 e. The lowest BCUT2D eigenvalue weighted by Gasteiger charge is -2.09. The molecule has 0 atom stereocenters. The summed E-state index contributed by atoms with van der Waals surface area (Å²) in [5.41, 5.74) is 0. The lowest BCUT2D eigenvalue weighted by molar-refractivity contribution is -0.148. The molecular weight excluding hydrogens is 366 g/mol. The lowest BCUT2D eigenvalue weighted by Crippen LogP contribution is -2.44. The highest BCUT2D eigenvalue weighted by Crippen LogP contribution is 2.07. The predicted molar refractivity (Wildman–Crippen MR) is 90.5 cm³/mol. The van der Waals surface area contributed by atoms with E-state index >= 15 is 0 Å². The number of nitrogens with zero attached hydrogens (tertiary/aromatic N) is 2. The van der Waals surface area contributed by atoms with Gasteiger partial charge in [-0.3, -0.25) is 14.9 Å². The Kier molecular flexibility index (Phi) is 7.71. The van der Waals surface area contributed by atoms with Gasteiger partial charge in [-0.2, -0.15) is 0 Å². The van der Waals surface area contributed by atoms with Crippen LogP contribution in [0.25, 0.3) is 0 Å². The molecule has 1 aromatic heterocycles. The van der Waals surface area contributed by atoms with Gasteiger partial charge in [0.2, 0.25) is 0 Å². The van der Waals surface area contributed by atoms with Crippen LogP contribution in [0.3, 0.4) is 0 Å². The van der Waals surface area contributed by atoms with Crippen LogP contribution in [0.15, 0.2) is 11.2 Å². The number of imidazole rings is 1. The standard InChI is InChI=1S/C14H23N5O6S/c1-9(2)16-14(22)18-11(20)8-25-13(21)5-6-15-26(23,24)12-7-19(4)10(3)17-12/h7,9,15H,5-6,8H2,1-4H3,(H2,16,18,20,22). The zero-order chi connectivity index (χ0) is 19.9. The van der Waals surface area contributed by atoms with Gasteiger partial charge < -0.3 is 14.6 Å². The summed E-state index contributed by atoms with van der Waals surface area (Å²) in [5, 5.41) is 4.27. The second kappa shape index (κ2) is 9.29. The summed E-state index contributed by atoms with van der Waals surface area (Å²) in [6.07, 6.45) is 1.07. The third kappa shape index (κ3) is 7.19. The zero-order valence-electron chi connectivity index (χ0n) is 15.0. The van der Waals surface area contributed by atoms with Gasteiger partial charge >= 0.3 is 12.0 Å². The van der Waals surface area contributed by atoms with Crippen molar-refractivity contribution in [2.75, 3.05) is 13.2 Å². The maximum atomic E-state index is 12.0. The van der Waals surface area contributed by atoms with E-state index in [4.69, 9.17) is 0 Å². The molecule has 0 aliphatic carbocycles. The van der Waals surface area contributed by atoms with Gasteiger partial charge in [0, 0.05) is 25.8 Å². The van der Waals surface area contributed by atoms with Crippen molar-refractivity contribution in [2.24, 2.45) is 7.05 Å². The van der Waals surface area contributed by atoms with Crippen molar-refractivity contribution < 1.29 is 27.5 Å². The summed E-state index contributed by atoms with van der Waals surface area (Å²) < 4.78 is 32.5. The fourth-order valence-corrected chi connectivity index (χ4v) is 2.76. The average molecular weight is 389 g/mol. The molecule has 0 fully saturated rings. The minimum absolute atomic E-state index is 0.151. The van der Waals surface area contributed by atoms with E-state index in [0.717, 1.165) is 0 Å². The van der Waals surface area contributed by atoms with E-state index < -0.39 is 34.5 Å². The molecule has 0 saturated heterocycles. The summed E-state index contributed by atoms with van der Waals surface area (Å²) >= 11 is 0. The topological polar surface area (TPSA) is 148 Å². The first-order chi connectivity index (χ1) is 12.0. The predicted octanol–water partition coefficient (Wildman–Crippen LogP) is -0.826. The third-order valence-electron chi connectivity index (χ3n) is 3.02. The molecule has 1 aromatic rings. The number of aryl methyl sites for hydroxylation is 2. The van der Waals surface area contributed by atoms with Crippen molar-refractivity contribution >= 4 is 27.9 Å². The van der Waals surface area contributed by atoms with E-state index in [9.17, 15) is 22.8 Å². The summed E-state index contributed by atoms with van der Waals surface area (Å²) in [6.45, 7) is 4.24. The summed E-state index contributed by atoms with van der Waals surface area (Å²) in [5.74, 6) is -1.05. The van der Waals surface area contributed by atoms with Crippen LogP contribution in [0.5, 0.6) is 0 Å². The van der Waals surface area contributed by atoms with E-state index in [1.165, 1.54) is 6.20 Å². The van der Waals surface area contributed by atoms with Gasteiger partial charge in [-0.15, -0.1) is 0 Å². The minimum Gasteiger partial charge on any atom is -0.456 e. The number of hydrogen-bond acceptors (Lipinski definition) is 7. The number of sulfonamides is 1. The van der Waals surface area contributed by atoms with E-state index in [1.807, 2.05) is 5.32 Å². The van der Waals surface area contributed by atoms with Gasteiger partial charge in [0.05, 0.1) is 6.42 Å². The Hall–Kier alpha value is -2.47. The molecule has 26 heavy (non-hydrogen) atoms. The second-order valence-corrected chi connectivity index (χ2v) is 7.44. The lowest BCUT2D eigenvalue weighted by atomic mass is 10.4. The molecule has 12 heteroatoms. The fourth-order valence-electron chi connectivity index (χ4n) is 1.70. The van der Waals surface area contributed by atoms with E-state index in [1.54, 1.807) is 32.4 Å². The normalized spacial score (nSPS) is 11.3. The summed E-state index contributed by atoms with van der Waals surface area (Å²) in [7, 11) is -2.18. The number of hydrogen-bond donors (Lipinski definition) is 3. The van der Waals surface area contributed by atoms with Crippen LogP contribution in [0.2, 0.25) is 0 Å². The van der Waals surface area contributed by atoms with E-state index in [0.29, 0.717) is 5.82 Å². The molecule has 146 valence electrons. The molecule has 1 rings (SSSR count). The van der Waals surface area contributed by atoms with Crippen LogP contribution in [0.4, 0.5) is 4.79 Å². The zero-order valence-corrected chi connectivity index (χ0v) is 15.8. The molecule has 0 aromatic carbocycles. The first-order valence-electron chi connectivity index (χ1n) is 7.77. The molecular formula is C14H23N5O6S. The maximum absolute atomic E-state index is 12.0. The molecule has 11 nitrogen and oxygen atoms in total. The third-order valence-corrected chi connectivity index (χ3v) is 4.35. The maximum Gasteiger partial charge on any atom is 0.321 e. The Labute approximate surface area is 151 Å². The number of carbonyl (C=O) groups excluding carboxylic acids is 3. The number of imide groups is 1. The molecule has 0 aliphatic rings. The van der Waals surface area contributed by atoms with Crippen LogP contribution in [0, 0.1) is 6.92 Å². The number of rotatable bonds is 8. The highest BCUT2D eigenvalue weighted by molar-refractivity contribution is 7.89. The first kappa shape index (κ1) is 21.6. The molecule has 1 heterocycles. The van der Waals surface area contributed by atoms with Crippen LogP contribution >= 0.6 is 0 Å². The Morgan fingerprint density at radius 3 is 2.50 bits per heavy atom. The number of aromatic nitrogens is 2. The second-order valence-electron chi connectivity index (χ2n) is 5.72. The van der Waals surface area contributed by atoms with Crippen molar-refractivity contribution in [3.8, 4) is 0 Å². The van der Waals surface area contributed by atoms with Gasteiger partial charge in [0.1, 0.15) is 5.82 Å². The Bertz CT molecular complexity index is 751. The van der Waals surface area contributed by atoms with Gasteiger partial charge in [-0.05, 0) is 20.8 Å². The molecule has 0 saturated carbocycles. The van der Waals surface area contributed by atoms with Gasteiger partial charge in [0.25, 0.3) is 15.9 Å². The highest BCUT2D eigenvalue weighted by Gasteiger charge is 2.19. The van der Waals surface area contributed by atoms with Gasteiger partial charge in [-0.25, -0.2) is 22.9 Å². The van der Waals surface area contributed by atoms with Crippen molar-refractivity contribution in [3.05, 3.63) is 12.0 Å². The number of amides is 3. The number of carbonyl (C=O) groups is 3. The highest BCUT2D eigenvalue weighted by atomic mass is 32.2. The SMILES string of the molecule is Cc1nc(S(=O)(=O)NCCC(=O)OCC(=O)NC(=O)NC(C)C)cn1C. The molecule has 0 aliphatic heterocycles. The van der Waals surface area contributed by atoms with Crippen molar-refractivity contribution in [3.63, 3.8) is 0 Å². The van der Waals surface area contributed by atoms with Crippen LogP contribution in [-0.2, 0) is 31.4 Å². The van der Waals surface area contributed by atoms with Crippen LogP contribution in [0.1, 0.15) is 26.1 Å². The van der Waals surface area contributed by atoms with Crippen molar-refractivity contribution in [1.29, 1.82) is 0 Å². The average Bonchev–Trinajstić information content (AvgIpc) is 2.84. The van der Waals surface area contributed by atoms with Crippen LogP contribution in [-0.4, -0.2) is 55.1 Å². The Morgan fingerprint density at radius 2 is 1.96 bits per heavy atom. The van der Waals surface area contributed by atoms with Gasteiger partial charge in [-0.1, -0.05) is 0 Å². The molecule has 0 unspecified atom stereocenters. The number of nitrogens with one attached hydrogen (secondary N) is 3. The molecule has 3 N–H and O–H groups in total. The monoisotopic (exact) mass is 389 g/mol. The first-order valence-corrected chi connectivity index (χ1v) is 9.25. The van der Waals surface area contributed by atoms with Crippen molar-refractivity contribution in [1.82, 2.24) is 24.9 Å². The molecule has 0 radical (unpaired) electrons. The van der Waals surface area contributed by atoms with Crippen LogP contribution < -0.4 is 15.4 Å². The van der Waals surface area contributed by atoms with Gasteiger partial charge in [0.15, 0.2) is 11.6 Å². The molecule has 0 bridgehead atoms. The number of ether oxygens (including phenoxy) is 1. The molecule has 3 amide bonds. The quantitative estimate of drug-likeness (QED) is 0.492. The Morgan fingerprint density at radius 1 is 1.31 bits per heavy atom. The fraction of sp³-hybridized carbons (Fsp3) is 0.571. The minimum atomic E-state index is -3.84. The number of esters is 1. The van der Waals surface area contributed by atoms with Crippen molar-refractivity contribution in [2.45, 2.75) is 38.3 Å². The Balaban J connectivity index is 2.34. The van der Waals surface area contributed by atoms with E-state index in [-0.39, 0.29) is 24.0 Å². The smallest absolute Gasteiger partial charge is 0.321 e. The van der Waals surface area contributed by atoms with E-state index in [2.05, 4.69) is 19.8 Å². The summed E-state index contributed by atoms with van der Waals surface area (Å²) in [4.78, 5) is 38.1. The number of urea groups is 1.